The van der Waals surface area contributed by atoms with Gasteiger partial charge in [-0.25, -0.2) is 0 Å². The van der Waals surface area contributed by atoms with Gasteiger partial charge in [0.05, 0.1) is 37.3 Å². The van der Waals surface area contributed by atoms with Crippen LogP contribution in [-0.4, -0.2) is 55.9 Å². The van der Waals surface area contributed by atoms with Crippen LogP contribution in [0.2, 0.25) is 0 Å². The molecule has 8 nitrogen and oxygen atoms in total. The molecule has 0 aromatic heterocycles. The molecule has 0 heterocycles. The SMILES string of the molecule is CCCC(=O)C1CCC(C2CCC(C(=O)Oc3ccc(OC(C)COC(C)COC(C)COC(=O)C(C)CC)cc3)CC2)CC1. The van der Waals surface area contributed by atoms with E-state index >= 15 is 0 Å². The second-order valence-corrected chi connectivity index (χ2v) is 13.5. The van der Waals surface area contributed by atoms with Gasteiger partial charge in [-0.05, 0) is 121 Å². The van der Waals surface area contributed by atoms with Crippen LogP contribution in [-0.2, 0) is 28.6 Å². The molecule has 0 radical (unpaired) electrons. The first-order chi connectivity index (χ1) is 21.6. The molecule has 0 amide bonds. The summed E-state index contributed by atoms with van der Waals surface area (Å²) in [6, 6.07) is 7.17. The molecule has 4 unspecified atom stereocenters. The Bertz CT molecular complexity index is 1020. The average Bonchev–Trinajstić information content (AvgIpc) is 3.06. The van der Waals surface area contributed by atoms with Crippen molar-refractivity contribution in [3.05, 3.63) is 24.3 Å². The Balaban J connectivity index is 1.30. The number of carbonyl (C=O) groups excluding carboxylic acids is 3. The Morgan fingerprint density at radius 2 is 1.20 bits per heavy atom. The van der Waals surface area contributed by atoms with Crippen LogP contribution in [0.25, 0.3) is 0 Å². The van der Waals surface area contributed by atoms with Gasteiger partial charge in [0.15, 0.2) is 0 Å². The summed E-state index contributed by atoms with van der Waals surface area (Å²) in [5.74, 6) is 2.83. The number of ether oxygens (including phenoxy) is 5. The summed E-state index contributed by atoms with van der Waals surface area (Å²) >= 11 is 0. The first kappa shape index (κ1) is 37.0. The molecule has 8 heteroatoms. The number of rotatable bonds is 18. The topological polar surface area (TPSA) is 97.4 Å². The number of esters is 2. The molecule has 4 atom stereocenters. The zero-order valence-electron chi connectivity index (χ0n) is 28.6. The molecule has 0 spiro atoms. The molecule has 45 heavy (non-hydrogen) atoms. The van der Waals surface area contributed by atoms with Gasteiger partial charge in [-0.3, -0.25) is 14.4 Å². The number of ketones is 1. The highest BCUT2D eigenvalue weighted by molar-refractivity contribution is 5.81. The van der Waals surface area contributed by atoms with Crippen molar-refractivity contribution >= 4 is 17.7 Å². The van der Waals surface area contributed by atoms with Crippen molar-refractivity contribution in [3.8, 4) is 11.5 Å². The summed E-state index contributed by atoms with van der Waals surface area (Å²) in [6.07, 6.45) is 10.2. The van der Waals surface area contributed by atoms with Crippen molar-refractivity contribution in [1.82, 2.24) is 0 Å². The van der Waals surface area contributed by atoms with E-state index in [1.54, 1.807) is 12.1 Å². The van der Waals surface area contributed by atoms with E-state index in [1.165, 1.54) is 0 Å². The van der Waals surface area contributed by atoms with E-state index in [0.717, 1.165) is 70.6 Å². The third-order valence-electron chi connectivity index (χ3n) is 9.58. The molecular formula is C37H58O8. The van der Waals surface area contributed by atoms with Gasteiger partial charge in [-0.1, -0.05) is 20.8 Å². The highest BCUT2D eigenvalue weighted by Gasteiger charge is 2.34. The molecule has 0 aliphatic heterocycles. The zero-order valence-corrected chi connectivity index (χ0v) is 28.6. The quantitative estimate of drug-likeness (QED) is 0.120. The predicted octanol–water partition coefficient (Wildman–Crippen LogP) is 7.74. The Morgan fingerprint density at radius 1 is 0.689 bits per heavy atom. The zero-order chi connectivity index (χ0) is 32.8. The number of benzene rings is 1. The van der Waals surface area contributed by atoms with Gasteiger partial charge in [0.25, 0.3) is 0 Å². The fourth-order valence-electron chi connectivity index (χ4n) is 6.45. The number of carbonyl (C=O) groups is 3. The van der Waals surface area contributed by atoms with Crippen molar-refractivity contribution < 1.29 is 38.1 Å². The number of Topliss-reactive ketones (excluding diaryl/α,β-unsaturated/α-hetero) is 1. The molecule has 2 aliphatic rings. The van der Waals surface area contributed by atoms with Crippen LogP contribution in [0.4, 0.5) is 0 Å². The highest BCUT2D eigenvalue weighted by atomic mass is 16.6. The Hall–Kier alpha value is -2.45. The van der Waals surface area contributed by atoms with Crippen LogP contribution in [0.15, 0.2) is 24.3 Å². The summed E-state index contributed by atoms with van der Waals surface area (Å²) in [6.45, 7) is 12.6. The van der Waals surface area contributed by atoms with Crippen LogP contribution < -0.4 is 9.47 Å². The second-order valence-electron chi connectivity index (χ2n) is 13.5. The number of hydrogen-bond acceptors (Lipinski definition) is 8. The van der Waals surface area contributed by atoms with Crippen molar-refractivity contribution in [2.45, 2.75) is 130 Å². The summed E-state index contributed by atoms with van der Waals surface area (Å²) in [5, 5.41) is 0. The molecule has 1 aromatic carbocycles. The molecule has 0 N–H and O–H groups in total. The van der Waals surface area contributed by atoms with Crippen LogP contribution in [0.1, 0.15) is 112 Å². The van der Waals surface area contributed by atoms with Crippen molar-refractivity contribution in [1.29, 1.82) is 0 Å². The molecule has 2 saturated carbocycles. The lowest BCUT2D eigenvalue weighted by atomic mass is 9.68. The van der Waals surface area contributed by atoms with Gasteiger partial charge in [0.1, 0.15) is 30.0 Å². The first-order valence-electron chi connectivity index (χ1n) is 17.5. The highest BCUT2D eigenvalue weighted by Crippen LogP contribution is 2.42. The second kappa shape index (κ2) is 19.3. The van der Waals surface area contributed by atoms with Gasteiger partial charge in [-0.2, -0.15) is 0 Å². The summed E-state index contributed by atoms with van der Waals surface area (Å²) in [7, 11) is 0. The van der Waals surface area contributed by atoms with Crippen LogP contribution >= 0.6 is 0 Å². The maximum absolute atomic E-state index is 12.9. The van der Waals surface area contributed by atoms with Crippen LogP contribution in [0.5, 0.6) is 11.5 Å². The third kappa shape index (κ3) is 12.7. The Labute approximate surface area is 271 Å². The molecule has 2 aliphatic carbocycles. The van der Waals surface area contributed by atoms with Crippen LogP contribution in [0.3, 0.4) is 0 Å². The molecule has 0 saturated heterocycles. The van der Waals surface area contributed by atoms with Gasteiger partial charge in [0.2, 0.25) is 0 Å². The molecule has 0 bridgehead atoms. The summed E-state index contributed by atoms with van der Waals surface area (Å²) in [5.41, 5.74) is 0. The number of hydrogen-bond donors (Lipinski definition) is 0. The van der Waals surface area contributed by atoms with Gasteiger partial charge in [0, 0.05) is 12.3 Å². The minimum absolute atomic E-state index is 0.0504. The molecule has 254 valence electrons. The van der Waals surface area contributed by atoms with Gasteiger partial charge < -0.3 is 23.7 Å². The maximum atomic E-state index is 12.9. The van der Waals surface area contributed by atoms with E-state index in [2.05, 4.69) is 6.92 Å². The minimum atomic E-state index is -0.209. The average molecular weight is 631 g/mol. The predicted molar refractivity (Wildman–Crippen MR) is 174 cm³/mol. The standard InChI is InChI=1S/C37H58O8/c1-7-9-35(38)31-14-10-29(11-15-31)30-12-16-32(17-13-30)37(40)45-34-20-18-33(19-21-34)44-28(6)24-42-26(4)22-41-27(5)23-43-36(39)25(3)8-2/h18-21,25-32H,7-17,22-24H2,1-6H3. The lowest BCUT2D eigenvalue weighted by Gasteiger charge is -2.37. The van der Waals surface area contributed by atoms with Crippen molar-refractivity contribution in [2.24, 2.45) is 29.6 Å². The molecule has 1 aromatic rings. The fourth-order valence-corrected chi connectivity index (χ4v) is 6.45. The van der Waals surface area contributed by atoms with E-state index in [9.17, 15) is 14.4 Å². The van der Waals surface area contributed by atoms with Gasteiger partial charge >= 0.3 is 11.9 Å². The monoisotopic (exact) mass is 630 g/mol. The Morgan fingerprint density at radius 3 is 1.76 bits per heavy atom. The molecule has 3 rings (SSSR count). The smallest absolute Gasteiger partial charge is 0.314 e. The maximum Gasteiger partial charge on any atom is 0.314 e. The van der Waals surface area contributed by atoms with E-state index in [1.807, 2.05) is 46.8 Å². The summed E-state index contributed by atoms with van der Waals surface area (Å²) in [4.78, 5) is 37.0. The lowest BCUT2D eigenvalue weighted by molar-refractivity contribution is -0.153. The van der Waals surface area contributed by atoms with E-state index < -0.39 is 0 Å². The third-order valence-corrected chi connectivity index (χ3v) is 9.58. The first-order valence-corrected chi connectivity index (χ1v) is 17.5. The van der Waals surface area contributed by atoms with E-state index in [0.29, 0.717) is 42.3 Å². The van der Waals surface area contributed by atoms with Crippen LogP contribution in [0, 0.1) is 29.6 Å². The Kier molecular flexibility index (Phi) is 15.8. The van der Waals surface area contributed by atoms with E-state index in [4.69, 9.17) is 23.7 Å². The van der Waals surface area contributed by atoms with Crippen molar-refractivity contribution in [3.63, 3.8) is 0 Å². The largest absolute Gasteiger partial charge is 0.488 e. The molecule has 2 fully saturated rings. The summed E-state index contributed by atoms with van der Waals surface area (Å²) < 4.78 is 28.6. The normalized spacial score (nSPS) is 24.6. The molecular weight excluding hydrogens is 572 g/mol. The van der Waals surface area contributed by atoms with E-state index in [-0.39, 0.29) is 54.6 Å². The lowest BCUT2D eigenvalue weighted by Crippen LogP contribution is -2.31. The van der Waals surface area contributed by atoms with Crippen molar-refractivity contribution in [2.75, 3.05) is 19.8 Å². The minimum Gasteiger partial charge on any atom is -0.488 e. The van der Waals surface area contributed by atoms with Gasteiger partial charge in [-0.15, -0.1) is 0 Å². The fraction of sp³-hybridized carbons (Fsp3) is 0.757.